The molecule has 0 aliphatic heterocycles. The normalized spacial score (nSPS) is 12.3. The molecule has 0 saturated heterocycles. The molecule has 6 nitrogen and oxygen atoms in total. The number of amides is 1. The van der Waals surface area contributed by atoms with E-state index in [0.717, 1.165) is 35.3 Å². The lowest BCUT2D eigenvalue weighted by atomic mass is 10.1. The molecule has 0 spiro atoms. The summed E-state index contributed by atoms with van der Waals surface area (Å²) in [6.07, 6.45) is 0. The van der Waals surface area contributed by atoms with Gasteiger partial charge in [0.2, 0.25) is 11.1 Å². The van der Waals surface area contributed by atoms with Crippen LogP contribution < -0.4 is 5.32 Å². The average Bonchev–Trinajstić information content (AvgIpc) is 2.96. The Balaban J connectivity index is 1.63. The van der Waals surface area contributed by atoms with Crippen LogP contribution in [0.2, 0.25) is 0 Å². The van der Waals surface area contributed by atoms with Crippen molar-refractivity contribution in [1.82, 2.24) is 24.9 Å². The number of aryl methyl sites for hydroxylation is 2. The molecule has 0 saturated carbocycles. The van der Waals surface area contributed by atoms with Crippen molar-refractivity contribution in [2.24, 2.45) is 0 Å². The van der Waals surface area contributed by atoms with Gasteiger partial charge in [-0.15, -0.1) is 5.10 Å². The van der Waals surface area contributed by atoms with E-state index in [-0.39, 0.29) is 17.2 Å². The lowest BCUT2D eigenvalue weighted by molar-refractivity contribution is -0.119. The van der Waals surface area contributed by atoms with Gasteiger partial charge in [0.1, 0.15) is 11.6 Å². The molecule has 0 fully saturated rings. The van der Waals surface area contributed by atoms with Gasteiger partial charge in [0.25, 0.3) is 5.78 Å². The number of halogens is 2. The number of hydrogen-bond donors (Lipinski definition) is 1. The summed E-state index contributed by atoms with van der Waals surface area (Å²) in [5, 5.41) is 7.42. The number of nitrogens with zero attached hydrogens (tertiary/aromatic N) is 4. The Morgan fingerprint density at radius 3 is 2.77 bits per heavy atom. The second-order valence-electron chi connectivity index (χ2n) is 5.89. The maximum atomic E-state index is 13.8. The quantitative estimate of drug-likeness (QED) is 0.692. The fourth-order valence-electron chi connectivity index (χ4n) is 2.55. The topological polar surface area (TPSA) is 72.2 Å². The third kappa shape index (κ3) is 3.98. The number of rotatable bonds is 5. The first-order valence-corrected chi connectivity index (χ1v) is 8.90. The van der Waals surface area contributed by atoms with Crippen molar-refractivity contribution in [3.63, 3.8) is 0 Å². The van der Waals surface area contributed by atoms with Crippen molar-refractivity contribution < 1.29 is 13.6 Å². The first-order chi connectivity index (χ1) is 12.3. The highest BCUT2D eigenvalue weighted by molar-refractivity contribution is 7.99. The van der Waals surface area contributed by atoms with Crippen LogP contribution >= 0.6 is 11.8 Å². The summed E-state index contributed by atoms with van der Waals surface area (Å²) >= 11 is 1.16. The molecule has 0 aliphatic carbocycles. The highest BCUT2D eigenvalue weighted by atomic mass is 32.2. The molecule has 0 unspecified atom stereocenters. The molecule has 1 aromatic carbocycles. The standard InChI is InChI=1S/C17H17F2N5OS/c1-9-6-10(2)24-16(20-9)22-17(23-24)26-8-15(25)21-11(3)13-5-4-12(18)7-14(13)19/h4-7,11H,8H2,1-3H3,(H,21,25)/t11-/m0/s1. The van der Waals surface area contributed by atoms with Crippen LogP contribution in [-0.4, -0.2) is 31.2 Å². The Kier molecular flexibility index (Phi) is 5.17. The van der Waals surface area contributed by atoms with E-state index in [2.05, 4.69) is 20.4 Å². The fraction of sp³-hybridized carbons (Fsp3) is 0.294. The van der Waals surface area contributed by atoms with Gasteiger partial charge in [0.15, 0.2) is 0 Å². The number of thioether (sulfide) groups is 1. The summed E-state index contributed by atoms with van der Waals surface area (Å²) in [6, 6.07) is 4.59. The van der Waals surface area contributed by atoms with Gasteiger partial charge in [-0.2, -0.15) is 4.98 Å². The van der Waals surface area contributed by atoms with Gasteiger partial charge >= 0.3 is 0 Å². The number of fused-ring (bicyclic) bond motifs is 1. The molecule has 1 atom stereocenters. The van der Waals surface area contributed by atoms with Crippen LogP contribution in [0, 0.1) is 25.5 Å². The van der Waals surface area contributed by atoms with E-state index in [1.165, 1.54) is 6.07 Å². The molecule has 0 radical (unpaired) electrons. The monoisotopic (exact) mass is 377 g/mol. The van der Waals surface area contributed by atoms with Crippen LogP contribution in [0.1, 0.15) is 29.9 Å². The predicted molar refractivity (Wildman–Crippen MR) is 93.9 cm³/mol. The predicted octanol–water partition coefficient (Wildman–Crippen LogP) is 2.99. The first-order valence-electron chi connectivity index (χ1n) is 7.91. The van der Waals surface area contributed by atoms with Crippen LogP contribution in [0.15, 0.2) is 29.4 Å². The highest BCUT2D eigenvalue weighted by Crippen LogP contribution is 2.19. The number of carbonyl (C=O) groups excluding carboxylic acids is 1. The molecule has 0 bridgehead atoms. The zero-order valence-corrected chi connectivity index (χ0v) is 15.3. The summed E-state index contributed by atoms with van der Waals surface area (Å²) in [5.74, 6) is -1.10. The Hall–Kier alpha value is -2.55. The second kappa shape index (κ2) is 7.36. The number of aromatic nitrogens is 4. The van der Waals surface area contributed by atoms with Crippen LogP contribution in [0.5, 0.6) is 0 Å². The van der Waals surface area contributed by atoms with Gasteiger partial charge in [0, 0.05) is 23.0 Å². The minimum Gasteiger partial charge on any atom is -0.349 e. The number of hydrogen-bond acceptors (Lipinski definition) is 5. The maximum Gasteiger partial charge on any atom is 0.253 e. The minimum atomic E-state index is -0.690. The average molecular weight is 377 g/mol. The van der Waals surface area contributed by atoms with E-state index in [1.807, 2.05) is 19.9 Å². The molecule has 0 aliphatic rings. The zero-order chi connectivity index (χ0) is 18.8. The van der Waals surface area contributed by atoms with Crippen LogP contribution in [0.25, 0.3) is 5.78 Å². The molecule has 2 heterocycles. The van der Waals surface area contributed by atoms with E-state index in [1.54, 1.807) is 11.4 Å². The van der Waals surface area contributed by atoms with Crippen LogP contribution in [-0.2, 0) is 4.79 Å². The number of benzene rings is 1. The molecule has 1 N–H and O–H groups in total. The molecule has 3 aromatic rings. The van der Waals surface area contributed by atoms with E-state index >= 15 is 0 Å². The van der Waals surface area contributed by atoms with Gasteiger partial charge in [-0.3, -0.25) is 4.79 Å². The molecule has 3 rings (SSSR count). The van der Waals surface area contributed by atoms with E-state index in [9.17, 15) is 13.6 Å². The second-order valence-corrected chi connectivity index (χ2v) is 6.83. The minimum absolute atomic E-state index is 0.0715. The lowest BCUT2D eigenvalue weighted by Gasteiger charge is -2.14. The molecule has 136 valence electrons. The van der Waals surface area contributed by atoms with Crippen molar-refractivity contribution in [2.45, 2.75) is 32.0 Å². The molecular weight excluding hydrogens is 360 g/mol. The molecule has 2 aromatic heterocycles. The van der Waals surface area contributed by atoms with Crippen molar-refractivity contribution in [3.8, 4) is 0 Å². The Bertz CT molecular complexity index is 975. The molecule has 1 amide bonds. The first kappa shape index (κ1) is 18.2. The van der Waals surface area contributed by atoms with Gasteiger partial charge < -0.3 is 5.32 Å². The molecular formula is C17H17F2N5OS. The third-order valence-corrected chi connectivity index (χ3v) is 4.58. The molecule has 26 heavy (non-hydrogen) atoms. The highest BCUT2D eigenvalue weighted by Gasteiger charge is 2.16. The number of nitrogens with one attached hydrogen (secondary N) is 1. The van der Waals surface area contributed by atoms with E-state index < -0.39 is 17.7 Å². The Morgan fingerprint density at radius 2 is 2.04 bits per heavy atom. The maximum absolute atomic E-state index is 13.8. The van der Waals surface area contributed by atoms with Crippen molar-refractivity contribution in [2.75, 3.05) is 5.75 Å². The van der Waals surface area contributed by atoms with Crippen LogP contribution in [0.4, 0.5) is 8.78 Å². The number of carbonyl (C=O) groups is 1. The summed E-state index contributed by atoms with van der Waals surface area (Å²) in [5.41, 5.74) is 1.97. The summed E-state index contributed by atoms with van der Waals surface area (Å²) in [4.78, 5) is 20.7. The molecule has 9 heteroatoms. The third-order valence-electron chi connectivity index (χ3n) is 3.74. The van der Waals surface area contributed by atoms with Crippen LogP contribution in [0.3, 0.4) is 0 Å². The van der Waals surface area contributed by atoms with Gasteiger partial charge in [-0.05, 0) is 32.9 Å². The smallest absolute Gasteiger partial charge is 0.253 e. The van der Waals surface area contributed by atoms with Gasteiger partial charge in [-0.25, -0.2) is 18.3 Å². The Morgan fingerprint density at radius 1 is 1.27 bits per heavy atom. The van der Waals surface area contributed by atoms with Crippen molar-refractivity contribution >= 4 is 23.4 Å². The van der Waals surface area contributed by atoms with Crippen molar-refractivity contribution in [1.29, 1.82) is 0 Å². The van der Waals surface area contributed by atoms with E-state index in [0.29, 0.717) is 10.9 Å². The van der Waals surface area contributed by atoms with E-state index in [4.69, 9.17) is 0 Å². The van der Waals surface area contributed by atoms with Crippen molar-refractivity contribution in [3.05, 3.63) is 52.9 Å². The fourth-order valence-corrected chi connectivity index (χ4v) is 3.18. The lowest BCUT2D eigenvalue weighted by Crippen LogP contribution is -2.28. The summed E-state index contributed by atoms with van der Waals surface area (Å²) < 4.78 is 28.4. The Labute approximate surface area is 153 Å². The summed E-state index contributed by atoms with van der Waals surface area (Å²) in [6.45, 7) is 5.41. The largest absolute Gasteiger partial charge is 0.349 e. The zero-order valence-electron chi connectivity index (χ0n) is 14.5. The van der Waals surface area contributed by atoms with Gasteiger partial charge in [-0.1, -0.05) is 17.8 Å². The SMILES string of the molecule is Cc1cc(C)n2nc(SCC(=O)N[C@@H](C)c3ccc(F)cc3F)nc2n1. The van der Waals surface area contributed by atoms with Gasteiger partial charge in [0.05, 0.1) is 11.8 Å². The summed E-state index contributed by atoms with van der Waals surface area (Å²) in [7, 11) is 0.